The molecule has 0 radical (unpaired) electrons. The van der Waals surface area contributed by atoms with Crippen molar-refractivity contribution in [1.82, 2.24) is 0 Å². The van der Waals surface area contributed by atoms with Crippen molar-refractivity contribution in [2.75, 3.05) is 13.7 Å². The molecule has 31 heavy (non-hydrogen) atoms. The van der Waals surface area contributed by atoms with Crippen LogP contribution in [0.4, 0.5) is 0 Å². The lowest BCUT2D eigenvalue weighted by molar-refractivity contribution is -0.288. The van der Waals surface area contributed by atoms with E-state index in [9.17, 15) is 34.8 Å². The number of ketones is 1. The maximum Gasteiger partial charge on any atom is 0.341 e. The highest BCUT2D eigenvalue weighted by atomic mass is 16.6. The summed E-state index contributed by atoms with van der Waals surface area (Å²) in [4.78, 5) is 38.1. The van der Waals surface area contributed by atoms with Gasteiger partial charge in [0.05, 0.1) is 25.7 Å². The van der Waals surface area contributed by atoms with Crippen molar-refractivity contribution in [3.63, 3.8) is 0 Å². The second-order valence-corrected chi connectivity index (χ2v) is 9.87. The van der Waals surface area contributed by atoms with Crippen LogP contribution in [0.1, 0.15) is 26.7 Å². The molecule has 2 heterocycles. The summed E-state index contributed by atoms with van der Waals surface area (Å²) in [5.41, 5.74) is -3.88. The van der Waals surface area contributed by atoms with E-state index in [0.717, 1.165) is 7.11 Å². The summed E-state index contributed by atoms with van der Waals surface area (Å²) in [6, 6.07) is 0. The van der Waals surface area contributed by atoms with Crippen molar-refractivity contribution in [1.29, 1.82) is 0 Å². The maximum absolute atomic E-state index is 12.9. The first-order valence-corrected chi connectivity index (χ1v) is 10.4. The number of ether oxygens (including phenoxy) is 3. The first-order chi connectivity index (χ1) is 14.5. The molecule has 10 heteroatoms. The van der Waals surface area contributed by atoms with E-state index in [1.54, 1.807) is 13.8 Å². The molecular formula is C21H26O10. The fourth-order valence-electron chi connectivity index (χ4n) is 7.76. The third-order valence-electron chi connectivity index (χ3n) is 8.86. The molecule has 10 atom stereocenters. The predicted octanol–water partition coefficient (Wildman–Crippen LogP) is -1.00. The molecule has 0 aromatic rings. The van der Waals surface area contributed by atoms with Gasteiger partial charge in [0.25, 0.3) is 0 Å². The van der Waals surface area contributed by atoms with Crippen LogP contribution in [0.3, 0.4) is 0 Å². The zero-order chi connectivity index (χ0) is 22.7. The number of aliphatic hydroxyl groups is 4. The van der Waals surface area contributed by atoms with Crippen LogP contribution in [0.5, 0.6) is 0 Å². The van der Waals surface area contributed by atoms with E-state index in [2.05, 4.69) is 0 Å². The normalized spacial score (nSPS) is 52.9. The SMILES string of the molecule is COC(=O)[C@@]12OC[C@]34C(C(O)C1O)[C@@]1(C)CC(=O)C(O)=C(C)C1C[C@H]3OC(=O)[C@H](O)[C@H]42. The number of aliphatic hydroxyl groups excluding tert-OH is 4. The van der Waals surface area contributed by atoms with Gasteiger partial charge >= 0.3 is 11.9 Å². The highest BCUT2D eigenvalue weighted by Gasteiger charge is 2.84. The van der Waals surface area contributed by atoms with Crippen LogP contribution in [-0.2, 0) is 28.6 Å². The largest absolute Gasteiger partial charge is 0.504 e. The van der Waals surface area contributed by atoms with Gasteiger partial charge in [0.1, 0.15) is 12.2 Å². The minimum Gasteiger partial charge on any atom is -0.504 e. The van der Waals surface area contributed by atoms with Gasteiger partial charge in [-0.2, -0.15) is 0 Å². The Labute approximate surface area is 177 Å². The molecule has 0 amide bonds. The van der Waals surface area contributed by atoms with Crippen LogP contribution in [0.15, 0.2) is 11.3 Å². The molecule has 10 nitrogen and oxygen atoms in total. The predicted molar refractivity (Wildman–Crippen MR) is 99.2 cm³/mol. The lowest BCUT2D eigenvalue weighted by Crippen LogP contribution is -2.79. The van der Waals surface area contributed by atoms with E-state index in [1.807, 2.05) is 0 Å². The van der Waals surface area contributed by atoms with Crippen LogP contribution in [0.25, 0.3) is 0 Å². The van der Waals surface area contributed by atoms with E-state index in [4.69, 9.17) is 14.2 Å². The Morgan fingerprint density at radius 3 is 2.52 bits per heavy atom. The fraction of sp³-hybridized carbons (Fsp3) is 0.762. The minimum atomic E-state index is -2.14. The van der Waals surface area contributed by atoms with Crippen LogP contribution >= 0.6 is 0 Å². The minimum absolute atomic E-state index is 0.105. The van der Waals surface area contributed by atoms with Crippen molar-refractivity contribution in [3.8, 4) is 0 Å². The zero-order valence-electron chi connectivity index (χ0n) is 17.4. The van der Waals surface area contributed by atoms with Crippen molar-refractivity contribution in [2.24, 2.45) is 28.6 Å². The van der Waals surface area contributed by atoms with Gasteiger partial charge in [0.15, 0.2) is 23.2 Å². The molecule has 4 unspecified atom stereocenters. The number of allylic oxidation sites excluding steroid dienone is 2. The second kappa shape index (κ2) is 6.06. The number of carbonyl (C=O) groups excluding carboxylic acids is 3. The summed E-state index contributed by atoms with van der Waals surface area (Å²) in [6.45, 7) is 3.24. The average molecular weight is 438 g/mol. The lowest BCUT2D eigenvalue weighted by atomic mass is 9.38. The van der Waals surface area contributed by atoms with Gasteiger partial charge < -0.3 is 34.6 Å². The van der Waals surface area contributed by atoms with Crippen LogP contribution in [0.2, 0.25) is 0 Å². The Morgan fingerprint density at radius 1 is 1.19 bits per heavy atom. The number of fused-ring (bicyclic) bond motifs is 2. The number of esters is 2. The Bertz CT molecular complexity index is 927. The summed E-state index contributed by atoms with van der Waals surface area (Å²) in [6.07, 6.45) is -5.87. The Morgan fingerprint density at radius 2 is 1.87 bits per heavy atom. The first-order valence-electron chi connectivity index (χ1n) is 10.4. The Kier molecular flexibility index (Phi) is 4.08. The Balaban J connectivity index is 1.77. The first kappa shape index (κ1) is 20.9. The van der Waals surface area contributed by atoms with Crippen molar-refractivity contribution in [3.05, 3.63) is 11.3 Å². The number of carbonyl (C=O) groups is 3. The van der Waals surface area contributed by atoms with Gasteiger partial charge in [-0.25, -0.2) is 9.59 Å². The molecule has 170 valence electrons. The van der Waals surface area contributed by atoms with Gasteiger partial charge in [0, 0.05) is 17.8 Å². The number of methoxy groups -OCH3 is 1. The van der Waals surface area contributed by atoms with E-state index >= 15 is 0 Å². The van der Waals surface area contributed by atoms with Gasteiger partial charge in [0.2, 0.25) is 0 Å². The number of Topliss-reactive ketones (excluding diaryl/α,β-unsaturated/α-hetero) is 1. The molecule has 5 aliphatic rings. The van der Waals surface area contributed by atoms with Gasteiger partial charge in [-0.05, 0) is 30.3 Å². The molecule has 4 fully saturated rings. The van der Waals surface area contributed by atoms with Crippen LogP contribution in [-0.4, -0.2) is 81.9 Å². The van der Waals surface area contributed by atoms with Crippen molar-refractivity contribution in [2.45, 2.75) is 56.7 Å². The molecule has 4 N–H and O–H groups in total. The van der Waals surface area contributed by atoms with Gasteiger partial charge in [-0.15, -0.1) is 0 Å². The number of hydrogen-bond donors (Lipinski definition) is 4. The monoisotopic (exact) mass is 438 g/mol. The molecule has 2 saturated heterocycles. The quantitative estimate of drug-likeness (QED) is 0.374. The summed E-state index contributed by atoms with van der Waals surface area (Å²) in [5.74, 6) is -5.28. The molecule has 2 saturated carbocycles. The van der Waals surface area contributed by atoms with Crippen molar-refractivity contribution < 1.29 is 49.0 Å². The second-order valence-electron chi connectivity index (χ2n) is 9.87. The van der Waals surface area contributed by atoms with Gasteiger partial charge in [-0.3, -0.25) is 4.79 Å². The molecule has 2 aliphatic heterocycles. The summed E-state index contributed by atoms with van der Waals surface area (Å²) >= 11 is 0. The molecule has 0 aromatic heterocycles. The third kappa shape index (κ3) is 2.05. The lowest BCUT2D eigenvalue weighted by Gasteiger charge is -2.67. The number of hydrogen-bond acceptors (Lipinski definition) is 10. The van der Waals surface area contributed by atoms with E-state index in [0.29, 0.717) is 5.57 Å². The van der Waals surface area contributed by atoms with Crippen molar-refractivity contribution >= 4 is 17.7 Å². The Hall–Kier alpha value is -2.01. The standard InChI is InChI=1S/C21H26O10/c1-7-8-4-10-20-6-30-21(18(28)29-3,15(20)13(25)17(27)31-10)16(26)12(24)14(20)19(8,2)5-9(22)11(7)23/h8,10,12-16,23-26H,4-6H2,1-3H3/t8?,10-,12?,13-,14?,15-,16?,19+,20-,21+/m1/s1. The molecule has 2 bridgehead atoms. The molecule has 3 aliphatic carbocycles. The summed E-state index contributed by atoms with van der Waals surface area (Å²) in [7, 11) is 1.09. The maximum atomic E-state index is 12.9. The smallest absolute Gasteiger partial charge is 0.341 e. The number of rotatable bonds is 1. The van der Waals surface area contributed by atoms with Crippen LogP contribution < -0.4 is 0 Å². The molecule has 1 spiro atoms. The third-order valence-corrected chi connectivity index (χ3v) is 8.86. The fourth-order valence-corrected chi connectivity index (χ4v) is 7.76. The van der Waals surface area contributed by atoms with Gasteiger partial charge in [-0.1, -0.05) is 6.92 Å². The summed E-state index contributed by atoms with van der Waals surface area (Å²) < 4.78 is 16.3. The van der Waals surface area contributed by atoms with E-state index in [-0.39, 0.29) is 25.2 Å². The zero-order valence-corrected chi connectivity index (χ0v) is 17.4. The highest BCUT2D eigenvalue weighted by Crippen LogP contribution is 2.72. The average Bonchev–Trinajstić information content (AvgIpc) is 3.03. The summed E-state index contributed by atoms with van der Waals surface area (Å²) in [5, 5.41) is 43.7. The molecule has 5 rings (SSSR count). The topological polar surface area (TPSA) is 160 Å². The van der Waals surface area contributed by atoms with Crippen LogP contribution in [0, 0.1) is 28.6 Å². The van der Waals surface area contributed by atoms with E-state index < -0.39 is 76.3 Å². The molecular weight excluding hydrogens is 412 g/mol. The van der Waals surface area contributed by atoms with E-state index in [1.165, 1.54) is 0 Å². The molecule has 0 aromatic carbocycles. The highest BCUT2D eigenvalue weighted by molar-refractivity contribution is 5.95.